The minimum atomic E-state index is -0.466. The number of benzene rings is 2. The average molecular weight is 419 g/mol. The summed E-state index contributed by atoms with van der Waals surface area (Å²) in [6.07, 6.45) is 5.03. The fraction of sp³-hybridized carbons (Fsp3) is 0.174. The van der Waals surface area contributed by atoms with Crippen molar-refractivity contribution in [1.82, 2.24) is 24.6 Å². The van der Waals surface area contributed by atoms with Gasteiger partial charge in [-0.3, -0.25) is 4.79 Å². The van der Waals surface area contributed by atoms with Crippen molar-refractivity contribution in [3.05, 3.63) is 95.6 Å². The highest BCUT2D eigenvalue weighted by Gasteiger charge is 2.24. The molecule has 0 saturated heterocycles. The van der Waals surface area contributed by atoms with Gasteiger partial charge < -0.3 is 14.6 Å². The third kappa shape index (κ3) is 4.05. The number of halogens is 1. The molecular formula is C23H22FN5O2. The number of hydrogen-bond acceptors (Lipinski definition) is 4. The van der Waals surface area contributed by atoms with E-state index in [9.17, 15) is 9.18 Å². The van der Waals surface area contributed by atoms with Crippen LogP contribution in [0.15, 0.2) is 67.1 Å². The van der Waals surface area contributed by atoms with E-state index in [-0.39, 0.29) is 11.7 Å². The molecule has 0 fully saturated rings. The van der Waals surface area contributed by atoms with Crippen LogP contribution in [0, 0.1) is 12.7 Å². The fourth-order valence-corrected chi connectivity index (χ4v) is 3.43. The van der Waals surface area contributed by atoms with Gasteiger partial charge in [-0.25, -0.2) is 14.1 Å². The molecule has 7 nitrogen and oxygen atoms in total. The Morgan fingerprint density at radius 1 is 1.13 bits per heavy atom. The molecule has 0 radical (unpaired) electrons. The third-order valence-corrected chi connectivity index (χ3v) is 5.17. The minimum Gasteiger partial charge on any atom is -0.497 e. The van der Waals surface area contributed by atoms with E-state index in [2.05, 4.69) is 15.4 Å². The van der Waals surface area contributed by atoms with E-state index in [1.54, 1.807) is 37.0 Å². The van der Waals surface area contributed by atoms with E-state index >= 15 is 0 Å². The number of aryl methyl sites for hydroxylation is 1. The van der Waals surface area contributed by atoms with Crippen LogP contribution in [-0.4, -0.2) is 32.3 Å². The molecule has 8 heteroatoms. The fourth-order valence-electron chi connectivity index (χ4n) is 3.43. The Bertz CT molecular complexity index is 1200. The molecule has 0 unspecified atom stereocenters. The van der Waals surface area contributed by atoms with Crippen LogP contribution in [0.3, 0.4) is 0 Å². The van der Waals surface area contributed by atoms with Crippen LogP contribution in [-0.2, 0) is 7.05 Å². The van der Waals surface area contributed by atoms with Gasteiger partial charge in [-0.1, -0.05) is 12.1 Å². The van der Waals surface area contributed by atoms with Crippen molar-refractivity contribution in [2.45, 2.75) is 13.0 Å². The number of ether oxygens (including phenoxy) is 1. The Kier molecular flexibility index (Phi) is 5.53. The summed E-state index contributed by atoms with van der Waals surface area (Å²) >= 11 is 0. The monoisotopic (exact) mass is 419 g/mol. The zero-order chi connectivity index (χ0) is 22.0. The molecule has 0 saturated carbocycles. The van der Waals surface area contributed by atoms with Crippen LogP contribution in [0.25, 0.3) is 5.69 Å². The smallest absolute Gasteiger partial charge is 0.255 e. The Morgan fingerprint density at radius 2 is 1.84 bits per heavy atom. The van der Waals surface area contributed by atoms with Gasteiger partial charge in [-0.15, -0.1) is 0 Å². The summed E-state index contributed by atoms with van der Waals surface area (Å²) in [5, 5.41) is 7.38. The highest BCUT2D eigenvalue weighted by Crippen LogP contribution is 2.24. The van der Waals surface area contributed by atoms with Crippen molar-refractivity contribution in [1.29, 1.82) is 0 Å². The molecule has 0 aliphatic heterocycles. The van der Waals surface area contributed by atoms with Crippen LogP contribution < -0.4 is 10.1 Å². The first-order valence-electron chi connectivity index (χ1n) is 9.70. The number of nitrogens with zero attached hydrogens (tertiary/aromatic N) is 4. The van der Waals surface area contributed by atoms with Gasteiger partial charge in [0.15, 0.2) is 0 Å². The Balaban J connectivity index is 1.65. The quantitative estimate of drug-likeness (QED) is 0.518. The number of carbonyl (C=O) groups is 1. The summed E-state index contributed by atoms with van der Waals surface area (Å²) in [6.45, 7) is 1.80. The van der Waals surface area contributed by atoms with Crippen molar-refractivity contribution in [3.8, 4) is 11.4 Å². The largest absolute Gasteiger partial charge is 0.497 e. The number of methoxy groups -OCH3 is 1. The molecule has 0 aliphatic carbocycles. The van der Waals surface area contributed by atoms with Crippen molar-refractivity contribution < 1.29 is 13.9 Å². The molecule has 4 rings (SSSR count). The first kappa shape index (κ1) is 20.3. The number of hydrogen-bond donors (Lipinski definition) is 1. The van der Waals surface area contributed by atoms with E-state index in [0.717, 1.165) is 11.3 Å². The van der Waals surface area contributed by atoms with Gasteiger partial charge in [0, 0.05) is 19.4 Å². The summed E-state index contributed by atoms with van der Waals surface area (Å²) in [5.41, 5.74) is 2.62. The van der Waals surface area contributed by atoms with Crippen LogP contribution in [0.1, 0.15) is 33.5 Å². The zero-order valence-electron chi connectivity index (χ0n) is 17.4. The molecule has 4 aromatic rings. The van der Waals surface area contributed by atoms with E-state index in [1.165, 1.54) is 18.3 Å². The van der Waals surface area contributed by atoms with E-state index in [1.807, 2.05) is 42.1 Å². The molecule has 158 valence electrons. The van der Waals surface area contributed by atoms with Gasteiger partial charge in [0.1, 0.15) is 23.4 Å². The molecule has 0 bridgehead atoms. The van der Waals surface area contributed by atoms with E-state index < -0.39 is 6.04 Å². The lowest BCUT2D eigenvalue weighted by Gasteiger charge is -2.19. The number of aromatic nitrogens is 4. The Labute approximate surface area is 179 Å². The predicted octanol–water partition coefficient (Wildman–Crippen LogP) is 3.58. The number of nitrogens with one attached hydrogen (secondary N) is 1. The van der Waals surface area contributed by atoms with Crippen molar-refractivity contribution in [3.63, 3.8) is 0 Å². The Hall–Kier alpha value is -3.94. The lowest BCUT2D eigenvalue weighted by Crippen LogP contribution is -2.31. The van der Waals surface area contributed by atoms with Gasteiger partial charge in [0.05, 0.1) is 30.3 Å². The lowest BCUT2D eigenvalue weighted by molar-refractivity contribution is 0.0940. The highest BCUT2D eigenvalue weighted by atomic mass is 19.1. The number of carbonyl (C=O) groups excluding carboxylic acids is 1. The summed E-state index contributed by atoms with van der Waals surface area (Å²) < 4.78 is 22.0. The maximum absolute atomic E-state index is 13.2. The maximum Gasteiger partial charge on any atom is 0.255 e. The summed E-state index contributed by atoms with van der Waals surface area (Å²) in [5.74, 6) is 0.811. The highest BCUT2D eigenvalue weighted by molar-refractivity contribution is 5.95. The average Bonchev–Trinajstić information content (AvgIpc) is 3.38. The molecule has 2 heterocycles. The second kappa shape index (κ2) is 8.43. The van der Waals surface area contributed by atoms with Crippen molar-refractivity contribution in [2.24, 2.45) is 7.05 Å². The van der Waals surface area contributed by atoms with Gasteiger partial charge in [0.2, 0.25) is 0 Å². The minimum absolute atomic E-state index is 0.283. The summed E-state index contributed by atoms with van der Waals surface area (Å²) in [4.78, 5) is 17.6. The molecule has 2 aromatic carbocycles. The summed E-state index contributed by atoms with van der Waals surface area (Å²) in [6, 6.07) is 13.0. The van der Waals surface area contributed by atoms with E-state index in [4.69, 9.17) is 4.74 Å². The third-order valence-electron chi connectivity index (χ3n) is 5.17. The van der Waals surface area contributed by atoms with Crippen LogP contribution in [0.5, 0.6) is 5.75 Å². The van der Waals surface area contributed by atoms with Crippen LogP contribution >= 0.6 is 0 Å². The molecule has 1 atom stereocenters. The maximum atomic E-state index is 13.2. The van der Waals surface area contributed by atoms with Crippen LogP contribution in [0.2, 0.25) is 0 Å². The number of rotatable bonds is 6. The van der Waals surface area contributed by atoms with Gasteiger partial charge in [0.25, 0.3) is 5.91 Å². The topological polar surface area (TPSA) is 74.0 Å². The molecule has 2 aromatic heterocycles. The predicted molar refractivity (Wildman–Crippen MR) is 114 cm³/mol. The van der Waals surface area contributed by atoms with Gasteiger partial charge >= 0.3 is 0 Å². The lowest BCUT2D eigenvalue weighted by atomic mass is 10.1. The number of amides is 1. The zero-order valence-corrected chi connectivity index (χ0v) is 17.4. The number of imidazole rings is 1. The first-order valence-corrected chi connectivity index (χ1v) is 9.70. The second-order valence-corrected chi connectivity index (χ2v) is 7.11. The molecule has 31 heavy (non-hydrogen) atoms. The second-order valence-electron chi connectivity index (χ2n) is 7.11. The Morgan fingerprint density at radius 3 is 2.45 bits per heavy atom. The van der Waals surface area contributed by atoms with Crippen molar-refractivity contribution >= 4 is 5.91 Å². The first-order chi connectivity index (χ1) is 15.0. The molecular weight excluding hydrogens is 397 g/mol. The van der Waals surface area contributed by atoms with Crippen molar-refractivity contribution in [2.75, 3.05) is 7.11 Å². The van der Waals surface area contributed by atoms with Gasteiger partial charge in [-0.2, -0.15) is 5.10 Å². The summed E-state index contributed by atoms with van der Waals surface area (Å²) in [7, 11) is 3.48. The van der Waals surface area contributed by atoms with Crippen LogP contribution in [0.4, 0.5) is 4.39 Å². The molecule has 1 N–H and O–H groups in total. The normalized spacial score (nSPS) is 11.9. The molecule has 1 amide bonds. The van der Waals surface area contributed by atoms with E-state index in [0.29, 0.717) is 22.8 Å². The standard InChI is InChI=1S/C23H22FN5O2/c1-15-20(14-26-29(15)18-8-6-17(24)7-9-18)23(30)27-21(22-25-12-13-28(22)2)16-4-10-19(31-3)11-5-16/h4-14,21H,1-3H3,(H,27,30)/t21-/m0/s1. The molecule has 0 spiro atoms. The molecule has 0 aliphatic rings. The SMILES string of the molecule is COc1ccc([C@H](NC(=O)c2cnn(-c3ccc(F)cc3)c2C)c2nccn2C)cc1. The van der Waals surface area contributed by atoms with Gasteiger partial charge in [-0.05, 0) is 48.9 Å².